The molecule has 1 aromatic heterocycles. The number of methoxy groups -OCH3 is 1. The highest BCUT2D eigenvalue weighted by Gasteiger charge is 2.44. The van der Waals surface area contributed by atoms with Crippen LogP contribution < -0.4 is 19.8 Å². The van der Waals surface area contributed by atoms with Gasteiger partial charge in [-0.15, -0.1) is 0 Å². The first-order valence-corrected chi connectivity index (χ1v) is 11.3. The number of hydrogen-bond donors (Lipinski definition) is 0. The molecule has 1 unspecified atom stereocenters. The van der Waals surface area contributed by atoms with E-state index in [4.69, 9.17) is 13.9 Å². The van der Waals surface area contributed by atoms with Crippen molar-refractivity contribution in [1.82, 2.24) is 0 Å². The van der Waals surface area contributed by atoms with E-state index in [1.807, 2.05) is 50.2 Å². The number of aryl methyl sites for hydroxylation is 2. The molecular formula is C29H25NO5. The minimum Gasteiger partial charge on any atom is -0.493 e. The fraction of sp³-hybridized carbons (Fsp3) is 0.172. The Hall–Kier alpha value is -4.32. The number of hydrogen-bond acceptors (Lipinski definition) is 5. The topological polar surface area (TPSA) is 69.0 Å². The Bertz CT molecular complexity index is 1530. The van der Waals surface area contributed by atoms with Gasteiger partial charge in [0.25, 0.3) is 5.91 Å². The fourth-order valence-electron chi connectivity index (χ4n) is 4.57. The van der Waals surface area contributed by atoms with Crippen LogP contribution in [0.15, 0.2) is 82.5 Å². The molecule has 6 nitrogen and oxygen atoms in total. The lowest BCUT2D eigenvalue weighted by Crippen LogP contribution is -2.29. The number of nitrogens with zero attached hydrogens (tertiary/aromatic N) is 1. The van der Waals surface area contributed by atoms with E-state index in [9.17, 15) is 9.59 Å². The SMILES string of the molecule is C=CCOc1ccc(C2c3c(oc4ccc(C)cc4c3=O)C(=O)N2c2cccc(C)c2)cc1OC. The molecule has 0 radical (unpaired) electrons. The second-order valence-electron chi connectivity index (χ2n) is 8.60. The Labute approximate surface area is 203 Å². The monoisotopic (exact) mass is 467 g/mol. The average molecular weight is 468 g/mol. The highest BCUT2D eigenvalue weighted by Crippen LogP contribution is 2.43. The van der Waals surface area contributed by atoms with Crippen molar-refractivity contribution in [2.24, 2.45) is 0 Å². The number of anilines is 1. The summed E-state index contributed by atoms with van der Waals surface area (Å²) in [6.07, 6.45) is 1.65. The van der Waals surface area contributed by atoms with Crippen molar-refractivity contribution in [3.05, 3.63) is 112 Å². The molecule has 1 aliphatic rings. The van der Waals surface area contributed by atoms with E-state index in [2.05, 4.69) is 6.58 Å². The quantitative estimate of drug-likeness (QED) is 0.339. The van der Waals surface area contributed by atoms with Gasteiger partial charge in [0.15, 0.2) is 16.9 Å². The highest BCUT2D eigenvalue weighted by atomic mass is 16.5. The first kappa shape index (κ1) is 22.5. The van der Waals surface area contributed by atoms with Crippen molar-refractivity contribution in [3.8, 4) is 11.5 Å². The van der Waals surface area contributed by atoms with E-state index in [1.165, 1.54) is 0 Å². The zero-order valence-corrected chi connectivity index (χ0v) is 19.8. The van der Waals surface area contributed by atoms with Gasteiger partial charge in [-0.05, 0) is 61.4 Å². The molecule has 0 saturated heterocycles. The maximum absolute atomic E-state index is 13.8. The van der Waals surface area contributed by atoms with Gasteiger partial charge in [-0.2, -0.15) is 0 Å². The molecule has 0 spiro atoms. The number of ether oxygens (including phenoxy) is 2. The molecule has 6 heteroatoms. The van der Waals surface area contributed by atoms with Crippen molar-refractivity contribution >= 4 is 22.6 Å². The normalized spacial score (nSPS) is 14.8. The molecule has 0 N–H and O–H groups in total. The Morgan fingerprint density at radius 1 is 1.00 bits per heavy atom. The Kier molecular flexibility index (Phi) is 5.65. The molecule has 3 aromatic carbocycles. The van der Waals surface area contributed by atoms with Crippen LogP contribution in [0.4, 0.5) is 5.69 Å². The summed E-state index contributed by atoms with van der Waals surface area (Å²) in [5, 5.41) is 0.450. The van der Waals surface area contributed by atoms with E-state index in [0.717, 1.165) is 11.1 Å². The van der Waals surface area contributed by atoms with Crippen molar-refractivity contribution in [3.63, 3.8) is 0 Å². The van der Waals surface area contributed by atoms with Crippen LogP contribution in [-0.2, 0) is 0 Å². The van der Waals surface area contributed by atoms with Gasteiger partial charge in [0.1, 0.15) is 12.2 Å². The van der Waals surface area contributed by atoms with Crippen molar-refractivity contribution < 1.29 is 18.7 Å². The van der Waals surface area contributed by atoms with E-state index in [0.29, 0.717) is 45.9 Å². The van der Waals surface area contributed by atoms with Gasteiger partial charge in [0, 0.05) is 5.69 Å². The molecule has 35 heavy (non-hydrogen) atoms. The number of carbonyl (C=O) groups is 1. The molecule has 1 aliphatic heterocycles. The van der Waals surface area contributed by atoms with E-state index >= 15 is 0 Å². The van der Waals surface area contributed by atoms with E-state index < -0.39 is 6.04 Å². The van der Waals surface area contributed by atoms with Crippen LogP contribution in [0.3, 0.4) is 0 Å². The predicted octanol–water partition coefficient (Wildman–Crippen LogP) is 5.73. The largest absolute Gasteiger partial charge is 0.493 e. The van der Waals surface area contributed by atoms with Crippen LogP contribution in [0.1, 0.15) is 38.9 Å². The van der Waals surface area contributed by atoms with Crippen LogP contribution in [-0.4, -0.2) is 19.6 Å². The third-order valence-corrected chi connectivity index (χ3v) is 6.17. The van der Waals surface area contributed by atoms with E-state index in [-0.39, 0.29) is 17.1 Å². The summed E-state index contributed by atoms with van der Waals surface area (Å²) in [6.45, 7) is 7.88. The molecule has 2 heterocycles. The molecule has 0 fully saturated rings. The van der Waals surface area contributed by atoms with Crippen LogP contribution >= 0.6 is 0 Å². The van der Waals surface area contributed by atoms with Gasteiger partial charge < -0.3 is 13.9 Å². The number of benzene rings is 3. The summed E-state index contributed by atoms with van der Waals surface area (Å²) >= 11 is 0. The lowest BCUT2D eigenvalue weighted by atomic mass is 9.97. The number of carbonyl (C=O) groups excluding carboxylic acids is 1. The molecule has 1 amide bonds. The Morgan fingerprint density at radius 3 is 2.54 bits per heavy atom. The maximum Gasteiger partial charge on any atom is 0.295 e. The molecule has 0 bridgehead atoms. The summed E-state index contributed by atoms with van der Waals surface area (Å²) in [5.74, 6) is 0.740. The van der Waals surface area contributed by atoms with Gasteiger partial charge in [-0.1, -0.05) is 42.5 Å². The molecule has 0 aliphatic carbocycles. The molecule has 0 saturated carbocycles. The van der Waals surface area contributed by atoms with Crippen LogP contribution in [0.2, 0.25) is 0 Å². The van der Waals surface area contributed by atoms with Gasteiger partial charge >= 0.3 is 0 Å². The van der Waals surface area contributed by atoms with Gasteiger partial charge in [0.05, 0.1) is 24.1 Å². The van der Waals surface area contributed by atoms with Crippen LogP contribution in [0.5, 0.6) is 11.5 Å². The molecule has 4 aromatic rings. The molecule has 1 atom stereocenters. The summed E-state index contributed by atoms with van der Waals surface area (Å²) in [7, 11) is 1.55. The van der Waals surface area contributed by atoms with E-state index in [1.54, 1.807) is 42.4 Å². The average Bonchev–Trinajstić information content (AvgIpc) is 3.15. The van der Waals surface area contributed by atoms with Gasteiger partial charge in [0.2, 0.25) is 5.76 Å². The Morgan fingerprint density at radius 2 is 1.80 bits per heavy atom. The highest BCUT2D eigenvalue weighted by molar-refractivity contribution is 6.10. The third-order valence-electron chi connectivity index (χ3n) is 6.17. The first-order chi connectivity index (χ1) is 16.9. The molecule has 176 valence electrons. The predicted molar refractivity (Wildman–Crippen MR) is 136 cm³/mol. The summed E-state index contributed by atoms with van der Waals surface area (Å²) < 4.78 is 17.3. The smallest absolute Gasteiger partial charge is 0.295 e. The second-order valence-corrected chi connectivity index (χ2v) is 8.60. The first-order valence-electron chi connectivity index (χ1n) is 11.3. The van der Waals surface area contributed by atoms with Crippen molar-refractivity contribution in [1.29, 1.82) is 0 Å². The second kappa shape index (κ2) is 8.80. The minimum absolute atomic E-state index is 0.0591. The van der Waals surface area contributed by atoms with Gasteiger partial charge in [-0.25, -0.2) is 0 Å². The molecule has 5 rings (SSSR count). The number of fused-ring (bicyclic) bond motifs is 2. The van der Waals surface area contributed by atoms with Gasteiger partial charge in [-0.3, -0.25) is 14.5 Å². The zero-order valence-electron chi connectivity index (χ0n) is 19.8. The number of amides is 1. The van der Waals surface area contributed by atoms with Crippen LogP contribution in [0.25, 0.3) is 11.0 Å². The summed E-state index contributed by atoms with van der Waals surface area (Å²) in [5.41, 5.74) is 3.81. The standard InChI is InChI=1S/C29H25NO5/c1-5-13-34-23-12-10-19(16-24(23)33-4)26-25-27(31)21-15-18(3)9-11-22(21)35-28(25)29(32)30(26)20-8-6-7-17(2)14-20/h5-12,14-16,26H,1,13H2,2-4H3. The Balaban J connectivity index is 1.77. The third kappa shape index (κ3) is 3.77. The lowest BCUT2D eigenvalue weighted by molar-refractivity contribution is 0.0971. The summed E-state index contributed by atoms with van der Waals surface area (Å²) in [6, 6.07) is 17.8. The summed E-state index contributed by atoms with van der Waals surface area (Å²) in [4.78, 5) is 29.2. The molecular weight excluding hydrogens is 442 g/mol. The maximum atomic E-state index is 13.8. The minimum atomic E-state index is -0.692. The number of rotatable bonds is 6. The fourth-order valence-corrected chi connectivity index (χ4v) is 4.57. The van der Waals surface area contributed by atoms with Crippen molar-refractivity contribution in [2.45, 2.75) is 19.9 Å². The zero-order chi connectivity index (χ0) is 24.7. The van der Waals surface area contributed by atoms with Crippen molar-refractivity contribution in [2.75, 3.05) is 18.6 Å². The van der Waals surface area contributed by atoms with Crippen LogP contribution in [0, 0.1) is 13.8 Å². The lowest BCUT2D eigenvalue weighted by Gasteiger charge is -2.26.